The Hall–Kier alpha value is -4.67. The Bertz CT molecular complexity index is 1620. The average Bonchev–Trinajstić information content (AvgIpc) is 3.27. The van der Waals surface area contributed by atoms with Crippen molar-refractivity contribution in [1.82, 2.24) is 20.0 Å². The molecule has 0 saturated carbocycles. The number of halogens is 1. The van der Waals surface area contributed by atoms with Crippen LogP contribution in [0, 0.1) is 5.82 Å². The van der Waals surface area contributed by atoms with Crippen LogP contribution in [0.3, 0.4) is 0 Å². The summed E-state index contributed by atoms with van der Waals surface area (Å²) in [5.74, 6) is -0.207. The molecule has 1 amide bonds. The van der Waals surface area contributed by atoms with E-state index >= 15 is 0 Å². The van der Waals surface area contributed by atoms with E-state index in [1.807, 2.05) is 24.3 Å². The average molecular weight is 590 g/mol. The first-order chi connectivity index (χ1) is 20.3. The summed E-state index contributed by atoms with van der Waals surface area (Å²) in [6.07, 6.45) is 3.13. The van der Waals surface area contributed by atoms with Crippen molar-refractivity contribution in [3.05, 3.63) is 66.7 Å². The fourth-order valence-corrected chi connectivity index (χ4v) is 4.86. The highest BCUT2D eigenvalue weighted by Gasteiger charge is 2.31. The quantitative estimate of drug-likeness (QED) is 0.246. The highest BCUT2D eigenvalue weighted by molar-refractivity contribution is 6.03. The number of fused-ring (bicyclic) bond motifs is 1. The van der Waals surface area contributed by atoms with Gasteiger partial charge in [0.2, 0.25) is 0 Å². The lowest BCUT2D eigenvalue weighted by atomic mass is 10.00. The summed E-state index contributed by atoms with van der Waals surface area (Å²) in [6, 6.07) is 13.2. The van der Waals surface area contributed by atoms with E-state index in [1.165, 1.54) is 12.1 Å². The molecule has 1 aliphatic heterocycles. The molecule has 43 heavy (non-hydrogen) atoms. The van der Waals surface area contributed by atoms with E-state index in [0.29, 0.717) is 17.2 Å². The molecule has 0 saturated heterocycles. The van der Waals surface area contributed by atoms with Gasteiger partial charge in [0, 0.05) is 35.3 Å². The van der Waals surface area contributed by atoms with Gasteiger partial charge in [-0.2, -0.15) is 5.06 Å². The second-order valence-electron chi connectivity index (χ2n) is 12.4. The fourth-order valence-electron chi connectivity index (χ4n) is 4.86. The number of hydrogen-bond acceptors (Lipinski definition) is 8. The molecule has 0 spiro atoms. The number of esters is 1. The van der Waals surface area contributed by atoms with E-state index in [9.17, 15) is 14.0 Å². The van der Waals surface area contributed by atoms with Crippen LogP contribution < -0.4 is 15.3 Å². The smallest absolute Gasteiger partial charge is 0.407 e. The van der Waals surface area contributed by atoms with E-state index in [4.69, 9.17) is 19.4 Å². The van der Waals surface area contributed by atoms with Gasteiger partial charge in [-0.25, -0.2) is 14.2 Å². The van der Waals surface area contributed by atoms with Gasteiger partial charge in [-0.15, -0.1) is 4.73 Å². The van der Waals surface area contributed by atoms with Gasteiger partial charge in [-0.3, -0.25) is 14.7 Å². The standard InChI is InChI=1S/C32H36FN5O5/c1-31(2,3)41-26(39)14-11-23(35-30(40)42-32(4,5)6)19-37-25-13-12-24-27(20-15-17-34-18-16-20)28(38(43-37)29(24)36-25)21-7-9-22(33)10-8-21/h7-10,12-13,15-18,23H,11,14,19H2,1-6H3,(H,35,40). The molecule has 1 atom stereocenters. The molecule has 1 aromatic carbocycles. The second kappa shape index (κ2) is 11.5. The predicted octanol–water partition coefficient (Wildman–Crippen LogP) is 6.08. The van der Waals surface area contributed by atoms with Crippen molar-refractivity contribution in [3.8, 4) is 22.4 Å². The number of anilines is 1. The number of hydroxylamine groups is 1. The monoisotopic (exact) mass is 589 g/mol. The third kappa shape index (κ3) is 7.04. The molecular weight excluding hydrogens is 553 g/mol. The fraction of sp³-hybridized carbons (Fsp3) is 0.375. The molecule has 0 aliphatic carbocycles. The number of pyridine rings is 2. The maximum absolute atomic E-state index is 13.9. The number of carbonyl (C=O) groups excluding carboxylic acids is 2. The summed E-state index contributed by atoms with van der Waals surface area (Å²) >= 11 is 0. The summed E-state index contributed by atoms with van der Waals surface area (Å²) < 4.78 is 26.5. The van der Waals surface area contributed by atoms with Crippen LogP contribution in [0.1, 0.15) is 54.4 Å². The van der Waals surface area contributed by atoms with Crippen LogP contribution >= 0.6 is 0 Å². The molecule has 1 aliphatic rings. The molecule has 11 heteroatoms. The van der Waals surface area contributed by atoms with Crippen molar-refractivity contribution in [2.75, 3.05) is 11.6 Å². The van der Waals surface area contributed by atoms with Gasteiger partial charge in [0.05, 0.1) is 12.6 Å². The number of carbonyl (C=O) groups is 2. The molecule has 5 rings (SSSR count). The number of nitrogens with one attached hydrogen (secondary N) is 1. The van der Waals surface area contributed by atoms with Crippen molar-refractivity contribution in [2.45, 2.75) is 71.6 Å². The number of amides is 1. The normalized spacial score (nSPS) is 13.5. The topological polar surface area (TPSA) is 108 Å². The Balaban J connectivity index is 1.48. The summed E-state index contributed by atoms with van der Waals surface area (Å²) in [4.78, 5) is 40.8. The van der Waals surface area contributed by atoms with E-state index in [0.717, 1.165) is 22.1 Å². The highest BCUT2D eigenvalue weighted by atomic mass is 19.1. The number of alkyl carbamates (subject to hydrolysis) is 1. The maximum Gasteiger partial charge on any atom is 0.407 e. The SMILES string of the molecule is CC(C)(C)OC(=O)CCC(CN1On2c(-c3ccc(F)cc3)c(-c3ccncc3)c3ccc1nc32)NC(=O)OC(C)(C)C. The number of hydrogen-bond donors (Lipinski definition) is 1. The number of aromatic nitrogens is 3. The van der Waals surface area contributed by atoms with Gasteiger partial charge in [0.15, 0.2) is 11.5 Å². The zero-order valence-corrected chi connectivity index (χ0v) is 25.2. The van der Waals surface area contributed by atoms with Crippen LogP contribution in [0.4, 0.5) is 15.0 Å². The maximum atomic E-state index is 13.9. The molecule has 10 nitrogen and oxygen atoms in total. The summed E-state index contributed by atoms with van der Waals surface area (Å²) in [5.41, 5.74) is 2.41. The molecule has 0 fully saturated rings. The summed E-state index contributed by atoms with van der Waals surface area (Å²) in [5, 5.41) is 5.29. The Morgan fingerprint density at radius 2 is 1.60 bits per heavy atom. The van der Waals surface area contributed by atoms with Crippen molar-refractivity contribution in [1.29, 1.82) is 0 Å². The first-order valence-electron chi connectivity index (χ1n) is 14.2. The van der Waals surface area contributed by atoms with E-state index in [2.05, 4.69) is 10.3 Å². The van der Waals surface area contributed by atoms with Crippen LogP contribution in [0.2, 0.25) is 0 Å². The van der Waals surface area contributed by atoms with E-state index in [-0.39, 0.29) is 31.2 Å². The molecule has 1 unspecified atom stereocenters. The lowest BCUT2D eigenvalue weighted by Crippen LogP contribution is -2.49. The summed E-state index contributed by atoms with van der Waals surface area (Å²) in [6.45, 7) is 10.9. The first-order valence-corrected chi connectivity index (χ1v) is 14.2. The van der Waals surface area contributed by atoms with Crippen LogP contribution in [0.5, 0.6) is 0 Å². The number of ether oxygens (including phenoxy) is 2. The molecule has 226 valence electrons. The molecule has 1 N–H and O–H groups in total. The first kappa shape index (κ1) is 29.8. The molecule has 3 aromatic heterocycles. The van der Waals surface area contributed by atoms with Crippen LogP contribution in [0.25, 0.3) is 33.4 Å². The minimum Gasteiger partial charge on any atom is -0.460 e. The Morgan fingerprint density at radius 1 is 0.930 bits per heavy atom. The van der Waals surface area contributed by atoms with E-state index in [1.54, 1.807) is 75.9 Å². The Kier molecular flexibility index (Phi) is 8.00. The van der Waals surface area contributed by atoms with Crippen molar-refractivity contribution in [3.63, 3.8) is 0 Å². The van der Waals surface area contributed by atoms with Gasteiger partial charge in [-0.1, -0.05) is 0 Å². The number of rotatable bonds is 8. The molecular formula is C32H36FN5O5. The Labute approximate surface area is 249 Å². The highest BCUT2D eigenvalue weighted by Crippen LogP contribution is 2.42. The van der Waals surface area contributed by atoms with Crippen LogP contribution in [-0.2, 0) is 14.3 Å². The third-order valence-electron chi connectivity index (χ3n) is 6.51. The lowest BCUT2D eigenvalue weighted by molar-refractivity contribution is -0.155. The van der Waals surface area contributed by atoms with Gasteiger partial charge in [0.25, 0.3) is 0 Å². The zero-order valence-electron chi connectivity index (χ0n) is 25.2. The van der Waals surface area contributed by atoms with Gasteiger partial charge < -0.3 is 14.8 Å². The number of benzene rings is 1. The van der Waals surface area contributed by atoms with Crippen molar-refractivity contribution < 1.29 is 28.4 Å². The Morgan fingerprint density at radius 3 is 2.26 bits per heavy atom. The lowest BCUT2D eigenvalue weighted by Gasteiger charge is -2.31. The molecule has 4 heterocycles. The molecule has 2 bridgehead atoms. The summed E-state index contributed by atoms with van der Waals surface area (Å²) in [7, 11) is 0. The zero-order chi connectivity index (χ0) is 30.9. The van der Waals surface area contributed by atoms with Crippen LogP contribution in [0.15, 0.2) is 60.9 Å². The van der Waals surface area contributed by atoms with Gasteiger partial charge in [-0.05, 0) is 102 Å². The van der Waals surface area contributed by atoms with E-state index < -0.39 is 23.3 Å². The van der Waals surface area contributed by atoms with Crippen molar-refractivity contribution >= 4 is 28.9 Å². The number of nitrogens with zero attached hydrogens (tertiary/aromatic N) is 4. The minimum atomic E-state index is -0.707. The molecule has 4 aromatic rings. The molecule has 0 radical (unpaired) electrons. The third-order valence-corrected chi connectivity index (χ3v) is 6.51. The van der Waals surface area contributed by atoms with Gasteiger partial charge in [0.1, 0.15) is 22.7 Å². The minimum absolute atomic E-state index is 0.0693. The largest absolute Gasteiger partial charge is 0.460 e. The van der Waals surface area contributed by atoms with Gasteiger partial charge >= 0.3 is 12.1 Å². The second-order valence-corrected chi connectivity index (χ2v) is 12.4. The van der Waals surface area contributed by atoms with Crippen LogP contribution in [-0.4, -0.2) is 50.5 Å². The predicted molar refractivity (Wildman–Crippen MR) is 161 cm³/mol. The van der Waals surface area contributed by atoms with Crippen molar-refractivity contribution in [2.24, 2.45) is 0 Å².